The van der Waals surface area contributed by atoms with Crippen molar-refractivity contribution in [3.63, 3.8) is 0 Å². The first kappa shape index (κ1) is 21.9. The van der Waals surface area contributed by atoms with E-state index in [2.05, 4.69) is 9.46 Å². The molecule has 1 aromatic rings. The number of nitrogens with one attached hydrogen (secondary N) is 1. The zero-order valence-electron chi connectivity index (χ0n) is 15.4. The first-order chi connectivity index (χ1) is 12.9. The maximum Gasteiger partial charge on any atom is 0.330 e. The molecule has 27 heavy (non-hydrogen) atoms. The van der Waals surface area contributed by atoms with Crippen molar-refractivity contribution in [2.45, 2.75) is 10.1 Å². The highest BCUT2D eigenvalue weighted by molar-refractivity contribution is 8.06. The molecular weight excluding hydrogens is 410 g/mol. The number of carbonyl (C=O) groups excluding carboxylic acids is 1. The van der Waals surface area contributed by atoms with E-state index in [9.17, 15) is 13.2 Å². The van der Waals surface area contributed by atoms with Gasteiger partial charge in [-0.05, 0) is 23.8 Å². The maximum absolute atomic E-state index is 12.9. The van der Waals surface area contributed by atoms with E-state index in [-0.39, 0.29) is 21.6 Å². The number of ether oxygens (including phenoxy) is 3. The van der Waals surface area contributed by atoms with Crippen LogP contribution in [0.15, 0.2) is 23.1 Å². The highest BCUT2D eigenvalue weighted by atomic mass is 32.2. The SMILES string of the molecule is COC(=O)C=Cc1cc(OC)c(OC)c(S(=O)(=O)NCC2CSCCS2)c1. The molecule has 1 heterocycles. The summed E-state index contributed by atoms with van der Waals surface area (Å²) in [5.74, 6) is 2.85. The zero-order valence-corrected chi connectivity index (χ0v) is 17.8. The summed E-state index contributed by atoms with van der Waals surface area (Å²) in [6.45, 7) is 0.341. The highest BCUT2D eigenvalue weighted by Gasteiger charge is 2.25. The van der Waals surface area contributed by atoms with Gasteiger partial charge in [0.05, 0.1) is 21.3 Å². The van der Waals surface area contributed by atoms with E-state index in [4.69, 9.17) is 9.47 Å². The lowest BCUT2D eigenvalue weighted by Crippen LogP contribution is -2.33. The van der Waals surface area contributed by atoms with Crippen LogP contribution >= 0.6 is 23.5 Å². The Morgan fingerprint density at radius 1 is 1.26 bits per heavy atom. The molecule has 7 nitrogen and oxygen atoms in total. The summed E-state index contributed by atoms with van der Waals surface area (Å²) in [6, 6.07) is 3.02. The molecule has 1 atom stereocenters. The quantitative estimate of drug-likeness (QED) is 0.492. The van der Waals surface area contributed by atoms with Gasteiger partial charge >= 0.3 is 5.97 Å². The van der Waals surface area contributed by atoms with E-state index in [0.717, 1.165) is 17.3 Å². The lowest BCUT2D eigenvalue weighted by atomic mass is 10.2. The summed E-state index contributed by atoms with van der Waals surface area (Å²) in [5, 5.41) is 0.230. The molecule has 1 aromatic carbocycles. The average molecular weight is 434 g/mol. The lowest BCUT2D eigenvalue weighted by Gasteiger charge is -2.21. The third-order valence-electron chi connectivity index (χ3n) is 3.76. The third kappa shape index (κ3) is 6.06. The van der Waals surface area contributed by atoms with E-state index < -0.39 is 16.0 Å². The van der Waals surface area contributed by atoms with E-state index >= 15 is 0 Å². The summed E-state index contributed by atoms with van der Waals surface area (Å²) in [7, 11) is 0.243. The normalized spacial score (nSPS) is 17.7. The number of sulfonamides is 1. The van der Waals surface area contributed by atoms with Gasteiger partial charge in [0.1, 0.15) is 4.90 Å². The lowest BCUT2D eigenvalue weighted by molar-refractivity contribution is -0.134. The fourth-order valence-corrected chi connectivity index (χ4v) is 6.43. The topological polar surface area (TPSA) is 90.9 Å². The Balaban J connectivity index is 2.33. The van der Waals surface area contributed by atoms with Gasteiger partial charge in [-0.3, -0.25) is 0 Å². The van der Waals surface area contributed by atoms with Gasteiger partial charge in [-0.15, -0.1) is 0 Å². The van der Waals surface area contributed by atoms with Gasteiger partial charge in [0.2, 0.25) is 10.0 Å². The van der Waals surface area contributed by atoms with Crippen LogP contribution in [0.2, 0.25) is 0 Å². The summed E-state index contributed by atoms with van der Waals surface area (Å²) in [4.78, 5) is 11.3. The molecule has 1 aliphatic heterocycles. The molecule has 0 bridgehead atoms. The summed E-state index contributed by atoms with van der Waals surface area (Å²) >= 11 is 3.59. The zero-order chi connectivity index (χ0) is 19.9. The highest BCUT2D eigenvalue weighted by Crippen LogP contribution is 2.36. The Morgan fingerprint density at radius 3 is 2.63 bits per heavy atom. The van der Waals surface area contributed by atoms with Crippen molar-refractivity contribution in [2.75, 3.05) is 45.1 Å². The number of hydrogen-bond donors (Lipinski definition) is 1. The molecule has 0 amide bonds. The van der Waals surface area contributed by atoms with Crippen LogP contribution in [0.3, 0.4) is 0 Å². The Kier molecular flexibility index (Phi) is 8.33. The molecule has 0 aliphatic carbocycles. The minimum atomic E-state index is -3.83. The van der Waals surface area contributed by atoms with Crippen LogP contribution in [0.4, 0.5) is 0 Å². The summed E-state index contributed by atoms with van der Waals surface area (Å²) < 4.78 is 43.5. The Morgan fingerprint density at radius 2 is 2.04 bits per heavy atom. The van der Waals surface area contributed by atoms with Gasteiger partial charge in [0.15, 0.2) is 11.5 Å². The minimum absolute atomic E-state index is 0.0395. The number of thioether (sulfide) groups is 2. The monoisotopic (exact) mass is 433 g/mol. The average Bonchev–Trinajstić information content (AvgIpc) is 2.70. The fourth-order valence-electron chi connectivity index (χ4n) is 2.41. The van der Waals surface area contributed by atoms with Crippen LogP contribution in [0, 0.1) is 0 Å². The molecule has 0 spiro atoms. The van der Waals surface area contributed by atoms with Crippen molar-refractivity contribution in [1.82, 2.24) is 4.72 Å². The van der Waals surface area contributed by atoms with Crippen molar-refractivity contribution in [3.05, 3.63) is 23.8 Å². The van der Waals surface area contributed by atoms with Crippen LogP contribution < -0.4 is 14.2 Å². The number of hydrogen-bond acceptors (Lipinski definition) is 8. The van der Waals surface area contributed by atoms with Crippen molar-refractivity contribution < 1.29 is 27.4 Å². The van der Waals surface area contributed by atoms with Crippen molar-refractivity contribution in [2.24, 2.45) is 0 Å². The molecule has 2 rings (SSSR count). The fraction of sp³-hybridized carbons (Fsp3) is 0.471. The Labute approximate surface area is 168 Å². The summed E-state index contributed by atoms with van der Waals surface area (Å²) in [6.07, 6.45) is 2.67. The molecule has 1 N–H and O–H groups in total. The minimum Gasteiger partial charge on any atom is -0.493 e. The maximum atomic E-state index is 12.9. The van der Waals surface area contributed by atoms with Crippen LogP contribution in [0.1, 0.15) is 5.56 Å². The predicted molar refractivity (Wildman–Crippen MR) is 109 cm³/mol. The summed E-state index contributed by atoms with van der Waals surface area (Å²) in [5.41, 5.74) is 0.473. The third-order valence-corrected chi connectivity index (χ3v) is 8.03. The van der Waals surface area contributed by atoms with Crippen molar-refractivity contribution >= 4 is 45.6 Å². The second-order valence-electron chi connectivity index (χ2n) is 5.53. The van der Waals surface area contributed by atoms with Crippen LogP contribution in [0.25, 0.3) is 6.08 Å². The molecule has 1 aliphatic rings. The number of methoxy groups -OCH3 is 3. The Bertz CT molecular complexity index is 788. The van der Waals surface area contributed by atoms with Crippen LogP contribution in [-0.2, 0) is 19.6 Å². The molecular formula is C17H23NO6S3. The van der Waals surface area contributed by atoms with Gasteiger partial charge < -0.3 is 14.2 Å². The first-order valence-corrected chi connectivity index (χ1v) is 11.8. The van der Waals surface area contributed by atoms with E-state index in [1.807, 2.05) is 11.8 Å². The predicted octanol–water partition coefficient (Wildman–Crippen LogP) is 2.02. The number of benzene rings is 1. The molecule has 0 radical (unpaired) electrons. The van der Waals surface area contributed by atoms with Crippen molar-refractivity contribution in [1.29, 1.82) is 0 Å². The van der Waals surface area contributed by atoms with Gasteiger partial charge in [-0.1, -0.05) is 0 Å². The largest absolute Gasteiger partial charge is 0.493 e. The van der Waals surface area contributed by atoms with E-state index in [0.29, 0.717) is 12.1 Å². The standard InChI is InChI=1S/C17H23NO6S3/c1-22-14-8-12(4-5-16(19)23-2)9-15(17(14)24-3)27(20,21)18-10-13-11-25-6-7-26-13/h4-5,8-9,13,18H,6-7,10-11H2,1-3H3. The number of rotatable bonds is 8. The van der Waals surface area contributed by atoms with Gasteiger partial charge in [-0.25, -0.2) is 17.9 Å². The second kappa shape index (κ2) is 10.3. The first-order valence-electron chi connectivity index (χ1n) is 8.12. The van der Waals surface area contributed by atoms with Crippen molar-refractivity contribution in [3.8, 4) is 11.5 Å². The van der Waals surface area contributed by atoms with Gasteiger partial charge in [0, 0.05) is 35.1 Å². The second-order valence-corrected chi connectivity index (χ2v) is 9.82. The van der Waals surface area contributed by atoms with Crippen LogP contribution in [0.5, 0.6) is 11.5 Å². The molecule has 1 saturated heterocycles. The molecule has 10 heteroatoms. The molecule has 0 aromatic heterocycles. The molecule has 1 fully saturated rings. The smallest absolute Gasteiger partial charge is 0.330 e. The molecule has 0 saturated carbocycles. The van der Waals surface area contributed by atoms with Crippen LogP contribution in [-0.4, -0.2) is 64.8 Å². The number of esters is 1. The van der Waals surface area contributed by atoms with E-state index in [1.54, 1.807) is 17.8 Å². The number of carbonyl (C=O) groups is 1. The van der Waals surface area contributed by atoms with E-state index in [1.165, 1.54) is 39.5 Å². The molecule has 1 unspecified atom stereocenters. The van der Waals surface area contributed by atoms with Gasteiger partial charge in [0.25, 0.3) is 0 Å². The Hall–Kier alpha value is -1.36. The molecule has 150 valence electrons. The van der Waals surface area contributed by atoms with Gasteiger partial charge in [-0.2, -0.15) is 23.5 Å².